The monoisotopic (exact) mass is 172 g/mol. The molecule has 1 aliphatic rings. The third-order valence-electron chi connectivity index (χ3n) is 1.68. The molecule has 4 nitrogen and oxygen atoms in total. The predicted octanol–water partition coefficient (Wildman–Crippen LogP) is -0.218. The second kappa shape index (κ2) is 3.60. The van der Waals surface area contributed by atoms with Crippen molar-refractivity contribution >= 4 is 0 Å². The summed E-state index contributed by atoms with van der Waals surface area (Å²) in [5.41, 5.74) is 0. The molecule has 0 aliphatic heterocycles. The summed E-state index contributed by atoms with van der Waals surface area (Å²) in [5.74, 6) is 0.880. The minimum Gasteiger partial charge on any atom is -0.493 e. The van der Waals surface area contributed by atoms with E-state index in [1.165, 1.54) is 26.4 Å². The van der Waals surface area contributed by atoms with Gasteiger partial charge >= 0.3 is 0 Å². The van der Waals surface area contributed by atoms with E-state index in [0.717, 1.165) is 0 Å². The summed E-state index contributed by atoms with van der Waals surface area (Å²) in [6, 6.07) is 0. The molecular weight excluding hydrogens is 160 g/mol. The van der Waals surface area contributed by atoms with Gasteiger partial charge in [0.25, 0.3) is 0 Å². The molecule has 2 N–H and O–H groups in total. The molecule has 0 saturated carbocycles. The third kappa shape index (κ3) is 1.60. The number of hydrogen-bond acceptors (Lipinski definition) is 4. The molecule has 0 aromatic carbocycles. The summed E-state index contributed by atoms with van der Waals surface area (Å²) in [6.07, 6.45) is 0.977. The molecule has 2 unspecified atom stereocenters. The first kappa shape index (κ1) is 9.09. The molecular formula is C8H12O4. The third-order valence-corrected chi connectivity index (χ3v) is 1.68. The largest absolute Gasteiger partial charge is 0.493 e. The quantitative estimate of drug-likeness (QED) is 0.604. The van der Waals surface area contributed by atoms with Crippen molar-refractivity contribution in [2.24, 2.45) is 0 Å². The van der Waals surface area contributed by atoms with E-state index in [1.54, 1.807) is 0 Å². The minimum absolute atomic E-state index is 0.440. The molecule has 0 aromatic rings. The number of rotatable bonds is 2. The molecule has 2 atom stereocenters. The Labute approximate surface area is 70.7 Å². The van der Waals surface area contributed by atoms with E-state index >= 15 is 0 Å². The van der Waals surface area contributed by atoms with Crippen molar-refractivity contribution < 1.29 is 19.7 Å². The molecule has 0 heterocycles. The van der Waals surface area contributed by atoms with Crippen molar-refractivity contribution in [1.29, 1.82) is 0 Å². The van der Waals surface area contributed by atoms with Gasteiger partial charge in [-0.3, -0.25) is 0 Å². The molecule has 0 bridgehead atoms. The lowest BCUT2D eigenvalue weighted by Gasteiger charge is -2.20. The van der Waals surface area contributed by atoms with Crippen LogP contribution in [0.4, 0.5) is 0 Å². The van der Waals surface area contributed by atoms with Gasteiger partial charge in [-0.2, -0.15) is 0 Å². The van der Waals surface area contributed by atoms with Gasteiger partial charge in [0, 0.05) is 0 Å². The lowest BCUT2D eigenvalue weighted by atomic mass is 10.1. The average Bonchev–Trinajstić information content (AvgIpc) is 2.09. The van der Waals surface area contributed by atoms with Crippen LogP contribution in [0.3, 0.4) is 0 Å². The van der Waals surface area contributed by atoms with Crippen LogP contribution in [-0.4, -0.2) is 36.6 Å². The standard InChI is InChI=1S/C8H12O4/c1-11-7-3-5(9)6(10)4-8(7)12-2/h3-6,9-10H,1-2H3. The zero-order chi connectivity index (χ0) is 9.14. The Morgan fingerprint density at radius 3 is 1.58 bits per heavy atom. The fourth-order valence-electron chi connectivity index (χ4n) is 1.01. The van der Waals surface area contributed by atoms with Gasteiger partial charge in [0.15, 0.2) is 11.5 Å². The van der Waals surface area contributed by atoms with Crippen LogP contribution in [0.25, 0.3) is 0 Å². The van der Waals surface area contributed by atoms with E-state index in [0.29, 0.717) is 11.5 Å². The Bertz CT molecular complexity index is 195. The first-order valence-electron chi connectivity index (χ1n) is 3.57. The first-order chi connectivity index (χ1) is 5.69. The number of methoxy groups -OCH3 is 2. The van der Waals surface area contributed by atoms with Gasteiger partial charge in [0.1, 0.15) is 12.2 Å². The van der Waals surface area contributed by atoms with E-state index in [9.17, 15) is 10.2 Å². The van der Waals surface area contributed by atoms with Crippen molar-refractivity contribution in [2.45, 2.75) is 12.2 Å². The lowest BCUT2D eigenvalue weighted by molar-refractivity contribution is 0.0665. The van der Waals surface area contributed by atoms with Gasteiger partial charge in [-0.1, -0.05) is 0 Å². The smallest absolute Gasteiger partial charge is 0.159 e. The molecule has 0 fully saturated rings. The molecule has 1 aliphatic carbocycles. The van der Waals surface area contributed by atoms with Crippen LogP contribution in [0, 0.1) is 0 Å². The zero-order valence-electron chi connectivity index (χ0n) is 7.02. The summed E-state index contributed by atoms with van der Waals surface area (Å²) >= 11 is 0. The Kier molecular flexibility index (Phi) is 2.73. The van der Waals surface area contributed by atoms with Crippen LogP contribution in [0.15, 0.2) is 23.7 Å². The molecule has 68 valence electrons. The summed E-state index contributed by atoms with van der Waals surface area (Å²) in [5, 5.41) is 18.4. The van der Waals surface area contributed by atoms with E-state index in [-0.39, 0.29) is 0 Å². The van der Waals surface area contributed by atoms with Crippen molar-refractivity contribution in [2.75, 3.05) is 14.2 Å². The highest BCUT2D eigenvalue weighted by molar-refractivity contribution is 5.28. The van der Waals surface area contributed by atoms with Crippen LogP contribution in [0.1, 0.15) is 0 Å². The number of aliphatic hydroxyl groups excluding tert-OH is 2. The first-order valence-corrected chi connectivity index (χ1v) is 3.57. The van der Waals surface area contributed by atoms with Crippen LogP contribution in [0.5, 0.6) is 0 Å². The number of ether oxygens (including phenoxy) is 2. The fourth-order valence-corrected chi connectivity index (χ4v) is 1.01. The number of aliphatic hydroxyl groups is 2. The highest BCUT2D eigenvalue weighted by atomic mass is 16.5. The molecule has 1 rings (SSSR count). The summed E-state index contributed by atoms with van der Waals surface area (Å²) in [6.45, 7) is 0. The van der Waals surface area contributed by atoms with Crippen LogP contribution in [0.2, 0.25) is 0 Å². The highest BCUT2D eigenvalue weighted by Crippen LogP contribution is 2.19. The maximum Gasteiger partial charge on any atom is 0.159 e. The average molecular weight is 172 g/mol. The summed E-state index contributed by atoms with van der Waals surface area (Å²) in [4.78, 5) is 0. The molecule has 0 spiro atoms. The topological polar surface area (TPSA) is 58.9 Å². The van der Waals surface area contributed by atoms with Gasteiger partial charge < -0.3 is 19.7 Å². The molecule has 0 saturated heterocycles. The molecule has 4 heteroatoms. The SMILES string of the molecule is COC1=CC(O)C(O)C=C1OC. The lowest BCUT2D eigenvalue weighted by Crippen LogP contribution is -2.26. The maximum atomic E-state index is 9.19. The van der Waals surface area contributed by atoms with E-state index in [4.69, 9.17) is 9.47 Å². The second-order valence-corrected chi connectivity index (χ2v) is 2.45. The van der Waals surface area contributed by atoms with Crippen LogP contribution >= 0.6 is 0 Å². The van der Waals surface area contributed by atoms with Crippen molar-refractivity contribution in [3.8, 4) is 0 Å². The summed E-state index contributed by atoms with van der Waals surface area (Å²) < 4.78 is 9.82. The predicted molar refractivity (Wildman–Crippen MR) is 42.2 cm³/mol. The Morgan fingerprint density at radius 2 is 1.33 bits per heavy atom. The second-order valence-electron chi connectivity index (χ2n) is 2.45. The Morgan fingerprint density at radius 1 is 1.00 bits per heavy atom. The minimum atomic E-state index is -0.918. The van der Waals surface area contributed by atoms with Crippen molar-refractivity contribution in [3.63, 3.8) is 0 Å². The van der Waals surface area contributed by atoms with E-state index < -0.39 is 12.2 Å². The molecule has 0 amide bonds. The van der Waals surface area contributed by atoms with Crippen molar-refractivity contribution in [1.82, 2.24) is 0 Å². The molecule has 12 heavy (non-hydrogen) atoms. The fraction of sp³-hybridized carbons (Fsp3) is 0.500. The van der Waals surface area contributed by atoms with Gasteiger partial charge in [0.2, 0.25) is 0 Å². The maximum absolute atomic E-state index is 9.19. The number of hydrogen-bond donors (Lipinski definition) is 2. The van der Waals surface area contributed by atoms with Gasteiger partial charge in [-0.25, -0.2) is 0 Å². The van der Waals surface area contributed by atoms with Crippen LogP contribution < -0.4 is 0 Å². The Balaban J connectivity index is 2.84. The van der Waals surface area contributed by atoms with Crippen LogP contribution in [-0.2, 0) is 9.47 Å². The zero-order valence-corrected chi connectivity index (χ0v) is 7.02. The normalized spacial score (nSPS) is 29.0. The Hall–Kier alpha value is -1.00. The molecule has 0 aromatic heterocycles. The van der Waals surface area contributed by atoms with E-state index in [1.807, 2.05) is 0 Å². The van der Waals surface area contributed by atoms with E-state index in [2.05, 4.69) is 0 Å². The molecule has 0 radical (unpaired) electrons. The highest BCUT2D eigenvalue weighted by Gasteiger charge is 2.22. The van der Waals surface area contributed by atoms with Crippen molar-refractivity contribution in [3.05, 3.63) is 23.7 Å². The van der Waals surface area contributed by atoms with Gasteiger partial charge in [-0.15, -0.1) is 0 Å². The summed E-state index contributed by atoms with van der Waals surface area (Å²) in [7, 11) is 2.95. The van der Waals surface area contributed by atoms with Gasteiger partial charge in [0.05, 0.1) is 14.2 Å². The van der Waals surface area contributed by atoms with Gasteiger partial charge in [-0.05, 0) is 12.2 Å².